The number of fused-ring (bicyclic) bond motifs is 1. The summed E-state index contributed by atoms with van der Waals surface area (Å²) >= 11 is 1.41. The van der Waals surface area contributed by atoms with Crippen LogP contribution in [0.1, 0.15) is 6.92 Å². The van der Waals surface area contributed by atoms with Gasteiger partial charge in [0, 0.05) is 6.07 Å². The minimum Gasteiger partial charge on any atom is -0.497 e. The number of Topliss-reactive ketones (excluding diaryl/α,β-unsaturated/α-hetero) is 1. The molecule has 1 N–H and O–H groups in total. The van der Waals surface area contributed by atoms with Crippen LogP contribution in [0.5, 0.6) is 5.75 Å². The summed E-state index contributed by atoms with van der Waals surface area (Å²) in [5.41, 5.74) is 1.80. The summed E-state index contributed by atoms with van der Waals surface area (Å²) in [6.07, 6.45) is 0. The fourth-order valence-electron chi connectivity index (χ4n) is 1.33. The summed E-state index contributed by atoms with van der Waals surface area (Å²) in [6, 6.07) is 5.64. The number of nitrogens with zero attached hydrogens (tertiary/aromatic N) is 1. The number of thioether (sulfide) groups is 1. The number of ketones is 1. The van der Waals surface area contributed by atoms with Crippen LogP contribution in [0.2, 0.25) is 0 Å². The zero-order valence-corrected chi connectivity index (χ0v) is 11.2. The van der Waals surface area contributed by atoms with E-state index in [0.29, 0.717) is 5.75 Å². The maximum atomic E-state index is 10.9. The minimum absolute atomic E-state index is 0. The highest BCUT2D eigenvalue weighted by molar-refractivity contribution is 7.99. The number of ether oxygens (including phenoxy) is 1. The van der Waals surface area contributed by atoms with E-state index in [1.165, 1.54) is 11.8 Å². The zero-order chi connectivity index (χ0) is 11.5. The van der Waals surface area contributed by atoms with Crippen LogP contribution < -0.4 is 4.74 Å². The Labute approximate surface area is 110 Å². The third-order valence-electron chi connectivity index (χ3n) is 2.08. The molecule has 4 nitrogen and oxygen atoms in total. The fraction of sp³-hybridized carbons (Fsp3) is 0.273. The molecule has 2 aromatic rings. The molecule has 0 atom stereocenters. The van der Waals surface area contributed by atoms with E-state index >= 15 is 0 Å². The predicted molar refractivity (Wildman–Crippen MR) is 71.3 cm³/mol. The highest BCUT2D eigenvalue weighted by atomic mass is 35.5. The second kappa shape index (κ2) is 5.93. The third kappa shape index (κ3) is 3.38. The first-order valence-corrected chi connectivity index (χ1v) is 5.83. The van der Waals surface area contributed by atoms with Crippen LogP contribution in [-0.4, -0.2) is 28.6 Å². The van der Waals surface area contributed by atoms with Gasteiger partial charge in [0.25, 0.3) is 0 Å². The quantitative estimate of drug-likeness (QED) is 0.870. The first-order valence-electron chi connectivity index (χ1n) is 4.85. The largest absolute Gasteiger partial charge is 0.497 e. The molecule has 1 heterocycles. The second-order valence-corrected chi connectivity index (χ2v) is 4.38. The number of carbonyl (C=O) groups excluding carboxylic acids is 1. The molecule has 0 fully saturated rings. The number of benzene rings is 1. The van der Waals surface area contributed by atoms with Gasteiger partial charge in [-0.1, -0.05) is 11.8 Å². The molecular formula is C11H13ClN2O2S. The number of hydrogen-bond acceptors (Lipinski definition) is 4. The summed E-state index contributed by atoms with van der Waals surface area (Å²) in [4.78, 5) is 18.4. The Hall–Kier alpha value is -1.20. The first kappa shape index (κ1) is 13.9. The van der Waals surface area contributed by atoms with Gasteiger partial charge in [-0.05, 0) is 19.1 Å². The van der Waals surface area contributed by atoms with Gasteiger partial charge in [-0.15, -0.1) is 12.4 Å². The molecule has 0 radical (unpaired) electrons. The normalized spacial score (nSPS) is 10.0. The molecule has 6 heteroatoms. The predicted octanol–water partition coefficient (Wildman–Crippen LogP) is 2.67. The summed E-state index contributed by atoms with van der Waals surface area (Å²) in [6.45, 7) is 1.57. The van der Waals surface area contributed by atoms with E-state index in [9.17, 15) is 4.79 Å². The number of hydrogen-bond donors (Lipinski definition) is 1. The van der Waals surface area contributed by atoms with Crippen molar-refractivity contribution in [2.75, 3.05) is 12.9 Å². The van der Waals surface area contributed by atoms with E-state index in [1.807, 2.05) is 18.2 Å². The molecular weight excluding hydrogens is 260 g/mol. The highest BCUT2D eigenvalue weighted by Gasteiger charge is 2.05. The Morgan fingerprint density at radius 2 is 2.29 bits per heavy atom. The molecule has 0 spiro atoms. The minimum atomic E-state index is 0. The Morgan fingerprint density at radius 3 is 2.94 bits per heavy atom. The summed E-state index contributed by atoms with van der Waals surface area (Å²) in [5, 5.41) is 0.762. The first-order chi connectivity index (χ1) is 7.69. The molecule has 0 unspecified atom stereocenters. The van der Waals surface area contributed by atoms with E-state index in [4.69, 9.17) is 4.74 Å². The van der Waals surface area contributed by atoms with E-state index in [0.717, 1.165) is 21.9 Å². The van der Waals surface area contributed by atoms with Crippen molar-refractivity contribution in [3.63, 3.8) is 0 Å². The number of aromatic amines is 1. The Bertz CT molecular complexity index is 527. The van der Waals surface area contributed by atoms with Crippen molar-refractivity contribution < 1.29 is 9.53 Å². The number of halogens is 1. The average molecular weight is 273 g/mol. The lowest BCUT2D eigenvalue weighted by atomic mass is 10.3. The molecule has 1 aromatic carbocycles. The van der Waals surface area contributed by atoms with E-state index in [-0.39, 0.29) is 18.2 Å². The van der Waals surface area contributed by atoms with Crippen LogP contribution >= 0.6 is 24.2 Å². The molecule has 0 saturated heterocycles. The third-order valence-corrected chi connectivity index (χ3v) is 3.10. The van der Waals surface area contributed by atoms with Crippen molar-refractivity contribution in [1.29, 1.82) is 0 Å². The van der Waals surface area contributed by atoms with Crippen LogP contribution in [0.25, 0.3) is 11.0 Å². The molecule has 2 rings (SSSR count). The second-order valence-electron chi connectivity index (χ2n) is 3.42. The monoisotopic (exact) mass is 272 g/mol. The number of imidazole rings is 1. The topological polar surface area (TPSA) is 55.0 Å². The van der Waals surface area contributed by atoms with Crippen LogP contribution in [0.3, 0.4) is 0 Å². The van der Waals surface area contributed by atoms with Crippen molar-refractivity contribution in [1.82, 2.24) is 9.97 Å². The lowest BCUT2D eigenvalue weighted by Gasteiger charge is -1.96. The van der Waals surface area contributed by atoms with Gasteiger partial charge in [0.2, 0.25) is 0 Å². The number of rotatable bonds is 4. The van der Waals surface area contributed by atoms with Gasteiger partial charge < -0.3 is 9.72 Å². The van der Waals surface area contributed by atoms with E-state index < -0.39 is 0 Å². The van der Waals surface area contributed by atoms with Crippen molar-refractivity contribution in [3.8, 4) is 5.75 Å². The molecule has 0 saturated carbocycles. The number of aromatic nitrogens is 2. The smallest absolute Gasteiger partial charge is 0.166 e. The summed E-state index contributed by atoms with van der Waals surface area (Å²) in [5.74, 6) is 1.37. The standard InChI is InChI=1S/C11H12N2O2S.ClH/c1-7(14)6-16-11-12-9-4-3-8(15-2)5-10(9)13-11;/h3-5H,6H2,1-2H3,(H,12,13);1H. The molecule has 1 aromatic heterocycles. The Balaban J connectivity index is 0.00000144. The van der Waals surface area contributed by atoms with Crippen LogP contribution in [0.15, 0.2) is 23.4 Å². The van der Waals surface area contributed by atoms with Crippen LogP contribution in [-0.2, 0) is 4.79 Å². The fourth-order valence-corrected chi connectivity index (χ4v) is 2.02. The van der Waals surface area contributed by atoms with Crippen molar-refractivity contribution in [2.24, 2.45) is 0 Å². The molecule has 92 valence electrons. The number of nitrogens with one attached hydrogen (secondary N) is 1. The number of carbonyl (C=O) groups is 1. The Kier molecular flexibility index (Phi) is 4.84. The van der Waals surface area contributed by atoms with Gasteiger partial charge in [-0.3, -0.25) is 4.79 Å². The van der Waals surface area contributed by atoms with Gasteiger partial charge >= 0.3 is 0 Å². The number of H-pyrrole nitrogens is 1. The lowest BCUT2D eigenvalue weighted by Crippen LogP contribution is -1.93. The average Bonchev–Trinajstić information content (AvgIpc) is 2.67. The van der Waals surface area contributed by atoms with Gasteiger partial charge in [0.15, 0.2) is 5.16 Å². The van der Waals surface area contributed by atoms with E-state index in [1.54, 1.807) is 14.0 Å². The molecule has 0 bridgehead atoms. The molecule has 0 aliphatic carbocycles. The van der Waals surface area contributed by atoms with Crippen molar-refractivity contribution >= 4 is 41.0 Å². The molecule has 17 heavy (non-hydrogen) atoms. The maximum absolute atomic E-state index is 10.9. The van der Waals surface area contributed by atoms with Crippen LogP contribution in [0.4, 0.5) is 0 Å². The number of methoxy groups -OCH3 is 1. The summed E-state index contributed by atoms with van der Waals surface area (Å²) < 4.78 is 5.12. The molecule has 0 aliphatic heterocycles. The van der Waals surface area contributed by atoms with Gasteiger partial charge in [0.05, 0.1) is 23.9 Å². The maximum Gasteiger partial charge on any atom is 0.166 e. The zero-order valence-electron chi connectivity index (χ0n) is 9.52. The van der Waals surface area contributed by atoms with Gasteiger partial charge in [-0.25, -0.2) is 4.98 Å². The molecule has 0 amide bonds. The molecule has 0 aliphatic rings. The van der Waals surface area contributed by atoms with Gasteiger partial charge in [0.1, 0.15) is 11.5 Å². The highest BCUT2D eigenvalue weighted by Crippen LogP contribution is 2.22. The Morgan fingerprint density at radius 1 is 1.53 bits per heavy atom. The van der Waals surface area contributed by atoms with Crippen LogP contribution in [0, 0.1) is 0 Å². The lowest BCUT2D eigenvalue weighted by molar-refractivity contribution is -0.114. The van der Waals surface area contributed by atoms with Crippen molar-refractivity contribution in [3.05, 3.63) is 18.2 Å². The van der Waals surface area contributed by atoms with E-state index in [2.05, 4.69) is 9.97 Å². The van der Waals surface area contributed by atoms with Crippen molar-refractivity contribution in [2.45, 2.75) is 12.1 Å². The SMILES string of the molecule is COc1ccc2nc(SCC(C)=O)[nH]c2c1.Cl. The van der Waals surface area contributed by atoms with Gasteiger partial charge in [-0.2, -0.15) is 0 Å². The summed E-state index contributed by atoms with van der Waals surface area (Å²) in [7, 11) is 1.63.